The van der Waals surface area contributed by atoms with Gasteiger partial charge in [0.05, 0.1) is 42.4 Å². The number of nitrogens with one attached hydrogen (secondary N) is 2. The summed E-state index contributed by atoms with van der Waals surface area (Å²) in [5, 5.41) is 0. The van der Waals surface area contributed by atoms with Gasteiger partial charge >= 0.3 is 0 Å². The highest BCUT2D eigenvalue weighted by Gasteiger charge is 2.31. The maximum atomic E-state index is 12.2. The maximum Gasteiger partial charge on any atom is 0.236 e. The lowest BCUT2D eigenvalue weighted by atomic mass is 10.0. The number of aromatic amines is 2. The van der Waals surface area contributed by atoms with Gasteiger partial charge in [-0.05, 0) is 61.3 Å². The number of nitrogens with two attached hydrogens (primary N) is 2. The Morgan fingerprint density at radius 1 is 0.867 bits per heavy atom. The van der Waals surface area contributed by atoms with E-state index in [1.54, 1.807) is 0 Å². The predicted molar refractivity (Wildman–Crippen MR) is 180 cm³/mol. The van der Waals surface area contributed by atoms with Crippen molar-refractivity contribution < 1.29 is 9.59 Å². The Hall–Kier alpha value is -4.28. The molecule has 240 valence electrons. The number of nitrogens with zero attached hydrogens (tertiary/aromatic N) is 4. The lowest BCUT2D eigenvalue weighted by molar-refractivity contribution is -0.130. The topological polar surface area (TPSA) is 150 Å². The normalized spacial score (nSPS) is 18.1. The van der Waals surface area contributed by atoms with Crippen molar-refractivity contribution in [1.82, 2.24) is 29.7 Å². The van der Waals surface area contributed by atoms with E-state index in [1.165, 1.54) is 0 Å². The third kappa shape index (κ3) is 8.06. The molecule has 2 aliphatic heterocycles. The Labute approximate surface area is 266 Å². The second-order valence-electron chi connectivity index (χ2n) is 11.4. The van der Waals surface area contributed by atoms with Gasteiger partial charge in [0.1, 0.15) is 11.6 Å². The van der Waals surface area contributed by atoms with Crippen molar-refractivity contribution in [3.8, 4) is 33.6 Å². The van der Waals surface area contributed by atoms with E-state index in [9.17, 15) is 9.59 Å². The summed E-state index contributed by atoms with van der Waals surface area (Å²) in [6.45, 7) is 9.61. The molecule has 4 aromatic rings. The van der Waals surface area contributed by atoms with Crippen LogP contribution in [-0.4, -0.2) is 67.7 Å². The molecule has 10 nitrogen and oxygen atoms in total. The molecule has 6 rings (SSSR count). The Morgan fingerprint density at radius 2 is 1.31 bits per heavy atom. The number of rotatable bonds is 8. The molecule has 0 saturated carbocycles. The minimum absolute atomic E-state index is 0.0239. The van der Waals surface area contributed by atoms with Crippen LogP contribution in [0.5, 0.6) is 0 Å². The van der Waals surface area contributed by atoms with Gasteiger partial charge in [0.2, 0.25) is 12.3 Å². The molecule has 2 saturated heterocycles. The van der Waals surface area contributed by atoms with Crippen molar-refractivity contribution in [3.63, 3.8) is 0 Å². The maximum absolute atomic E-state index is 12.2. The molecule has 2 fully saturated rings. The van der Waals surface area contributed by atoms with Gasteiger partial charge in [-0.2, -0.15) is 0 Å². The van der Waals surface area contributed by atoms with Crippen LogP contribution in [0, 0.1) is 0 Å². The number of benzene rings is 2. The van der Waals surface area contributed by atoms with Crippen LogP contribution < -0.4 is 11.5 Å². The summed E-state index contributed by atoms with van der Waals surface area (Å²) in [6, 6.07) is 17.1. The Balaban J connectivity index is 0.000000602. The SMILES string of the molecule is CC.CCC(C)N.NCC(=O)N1CCCC1c1ncc(-c2ccc(-c3ccc(-c4cnc(C5CCCN5C=O)[nH]4)cc3)cc2)[nH]1. The predicted octanol–water partition coefficient (Wildman–Crippen LogP) is 5.82. The minimum Gasteiger partial charge on any atom is -0.340 e. The zero-order chi connectivity index (χ0) is 32.3. The van der Waals surface area contributed by atoms with Crippen LogP contribution in [0.3, 0.4) is 0 Å². The Morgan fingerprint density at radius 3 is 1.78 bits per heavy atom. The number of carbonyl (C=O) groups excluding carboxylic acids is 2. The summed E-state index contributed by atoms with van der Waals surface area (Å²) < 4.78 is 0. The van der Waals surface area contributed by atoms with Gasteiger partial charge in [-0.3, -0.25) is 9.59 Å². The zero-order valence-corrected chi connectivity index (χ0v) is 27.0. The summed E-state index contributed by atoms with van der Waals surface area (Å²) >= 11 is 0. The Kier molecular flexibility index (Phi) is 12.1. The largest absolute Gasteiger partial charge is 0.340 e. The summed E-state index contributed by atoms with van der Waals surface area (Å²) in [5.74, 6) is 1.62. The van der Waals surface area contributed by atoms with E-state index < -0.39 is 0 Å². The number of imidazole rings is 2. The first-order chi connectivity index (χ1) is 21.9. The van der Waals surface area contributed by atoms with E-state index in [0.29, 0.717) is 6.04 Å². The van der Waals surface area contributed by atoms with Gasteiger partial charge in [-0.15, -0.1) is 0 Å². The lowest BCUT2D eigenvalue weighted by Crippen LogP contribution is -2.35. The fourth-order valence-electron chi connectivity index (χ4n) is 5.67. The molecule has 0 radical (unpaired) electrons. The molecule has 4 heterocycles. The molecule has 2 amide bonds. The van der Waals surface area contributed by atoms with Gasteiger partial charge < -0.3 is 31.2 Å². The van der Waals surface area contributed by atoms with Crippen LogP contribution in [0.15, 0.2) is 60.9 Å². The number of aromatic nitrogens is 4. The summed E-state index contributed by atoms with van der Waals surface area (Å²) in [5.41, 5.74) is 17.1. The van der Waals surface area contributed by atoms with Gasteiger partial charge in [0, 0.05) is 19.1 Å². The van der Waals surface area contributed by atoms with Gasteiger partial charge in [-0.25, -0.2) is 9.97 Å². The lowest BCUT2D eigenvalue weighted by Gasteiger charge is -2.22. The second kappa shape index (κ2) is 16.2. The van der Waals surface area contributed by atoms with E-state index in [2.05, 4.69) is 75.4 Å². The second-order valence-corrected chi connectivity index (χ2v) is 11.4. The highest BCUT2D eigenvalue weighted by Crippen LogP contribution is 2.33. The molecule has 3 unspecified atom stereocenters. The molecule has 45 heavy (non-hydrogen) atoms. The first-order valence-corrected chi connectivity index (χ1v) is 16.2. The molecule has 0 spiro atoms. The molecule has 0 aliphatic carbocycles. The van der Waals surface area contributed by atoms with E-state index in [-0.39, 0.29) is 24.5 Å². The van der Waals surface area contributed by atoms with Gasteiger partial charge in [0.25, 0.3) is 0 Å². The fourth-order valence-corrected chi connectivity index (χ4v) is 5.67. The van der Waals surface area contributed by atoms with Gasteiger partial charge in [-0.1, -0.05) is 69.3 Å². The smallest absolute Gasteiger partial charge is 0.236 e. The average molecular weight is 613 g/mol. The van der Waals surface area contributed by atoms with E-state index in [4.69, 9.17) is 11.5 Å². The number of H-pyrrole nitrogens is 2. The van der Waals surface area contributed by atoms with Crippen molar-refractivity contribution in [3.05, 3.63) is 72.6 Å². The van der Waals surface area contributed by atoms with Crippen molar-refractivity contribution in [2.75, 3.05) is 19.6 Å². The molecule has 2 aromatic heterocycles. The highest BCUT2D eigenvalue weighted by atomic mass is 16.2. The fraction of sp³-hybridized carbons (Fsp3) is 0.429. The average Bonchev–Trinajstić information content (AvgIpc) is 3.92. The molecule has 6 N–H and O–H groups in total. The molecule has 10 heteroatoms. The van der Waals surface area contributed by atoms with Crippen molar-refractivity contribution in [2.24, 2.45) is 11.5 Å². The third-order valence-electron chi connectivity index (χ3n) is 8.37. The quantitative estimate of drug-likeness (QED) is 0.184. The van der Waals surface area contributed by atoms with Crippen LogP contribution in [0.25, 0.3) is 33.6 Å². The molecule has 2 aromatic carbocycles. The highest BCUT2D eigenvalue weighted by molar-refractivity contribution is 5.78. The number of carbonyl (C=O) groups is 2. The molecule has 0 bridgehead atoms. The van der Waals surface area contributed by atoms with Crippen LogP contribution in [0.1, 0.15) is 83.5 Å². The van der Waals surface area contributed by atoms with Crippen LogP contribution >= 0.6 is 0 Å². The number of likely N-dealkylation sites (tertiary alicyclic amines) is 2. The summed E-state index contributed by atoms with van der Waals surface area (Å²) in [7, 11) is 0. The summed E-state index contributed by atoms with van der Waals surface area (Å²) in [6.07, 6.45) is 9.47. The number of amides is 2. The van der Waals surface area contributed by atoms with Crippen LogP contribution in [0.4, 0.5) is 0 Å². The molecular formula is C35H48N8O2. The summed E-state index contributed by atoms with van der Waals surface area (Å²) in [4.78, 5) is 43.1. The zero-order valence-electron chi connectivity index (χ0n) is 27.0. The first kappa shape index (κ1) is 33.6. The van der Waals surface area contributed by atoms with E-state index >= 15 is 0 Å². The van der Waals surface area contributed by atoms with Crippen molar-refractivity contribution >= 4 is 12.3 Å². The van der Waals surface area contributed by atoms with Crippen molar-refractivity contribution in [1.29, 1.82) is 0 Å². The molecular weight excluding hydrogens is 564 g/mol. The standard InChI is InChI=1S/C29H31N7O2.C4H11N.C2H6/c30-15-27(38)36-14-2-4-26(36)29-32-17-24(34-29)22-11-7-20(8-12-22)19-5-9-21(10-6-19)23-16-31-28(33-23)25-3-1-13-35(25)18-37;1-3-4(2)5;1-2/h5-12,16-18,25-26H,1-4,13-15,30H2,(H,31,33)(H,32,34);4H,3,5H2,1-2H3;1-2H3. The van der Waals surface area contributed by atoms with E-state index in [1.807, 2.05) is 43.0 Å². The number of hydrogen-bond donors (Lipinski definition) is 4. The first-order valence-electron chi connectivity index (χ1n) is 16.2. The van der Waals surface area contributed by atoms with Crippen LogP contribution in [-0.2, 0) is 9.59 Å². The molecule has 2 aliphatic rings. The van der Waals surface area contributed by atoms with Crippen LogP contribution in [0.2, 0.25) is 0 Å². The number of hydrogen-bond acceptors (Lipinski definition) is 6. The molecule has 3 atom stereocenters. The Bertz CT molecular complexity index is 1490. The minimum atomic E-state index is -0.0364. The van der Waals surface area contributed by atoms with Crippen molar-refractivity contribution in [2.45, 2.75) is 77.9 Å². The van der Waals surface area contributed by atoms with Gasteiger partial charge in [0.15, 0.2) is 0 Å². The third-order valence-corrected chi connectivity index (χ3v) is 8.37. The monoisotopic (exact) mass is 612 g/mol. The van der Waals surface area contributed by atoms with E-state index in [0.717, 1.165) is 96.9 Å².